The summed E-state index contributed by atoms with van der Waals surface area (Å²) in [6.07, 6.45) is 4.34. The molecule has 1 aromatic carbocycles. The molecule has 3 heterocycles. The van der Waals surface area contributed by atoms with Gasteiger partial charge in [-0.2, -0.15) is 0 Å². The van der Waals surface area contributed by atoms with Crippen LogP contribution in [0.15, 0.2) is 33.5 Å². The van der Waals surface area contributed by atoms with E-state index >= 15 is 0 Å². The van der Waals surface area contributed by atoms with Gasteiger partial charge in [-0.1, -0.05) is 12.1 Å². The van der Waals surface area contributed by atoms with Crippen LogP contribution in [-0.4, -0.2) is 31.2 Å². The van der Waals surface area contributed by atoms with E-state index in [0.29, 0.717) is 23.7 Å². The number of hydrogen-bond donors (Lipinski definition) is 0. The minimum Gasteiger partial charge on any atom is -0.424 e. The zero-order valence-corrected chi connectivity index (χ0v) is 14.8. The summed E-state index contributed by atoms with van der Waals surface area (Å²) in [4.78, 5) is 19.8. The van der Waals surface area contributed by atoms with E-state index < -0.39 is 0 Å². The molecule has 1 aliphatic carbocycles. The number of hydrogen-bond acceptors (Lipinski definition) is 6. The highest BCUT2D eigenvalue weighted by Gasteiger charge is 2.33. The van der Waals surface area contributed by atoms with Gasteiger partial charge in [-0.3, -0.25) is 14.3 Å². The molecule has 1 saturated carbocycles. The SMILES string of the molecule is Cn1c(C2CCCN2Cc2nnc(C3CC3)o2)nc2ccccc2c1=O. The van der Waals surface area contributed by atoms with E-state index in [0.717, 1.165) is 49.5 Å². The second-order valence-corrected chi connectivity index (χ2v) is 7.29. The van der Waals surface area contributed by atoms with E-state index in [9.17, 15) is 4.79 Å². The van der Waals surface area contributed by atoms with Gasteiger partial charge in [0, 0.05) is 13.0 Å². The van der Waals surface area contributed by atoms with Crippen molar-refractivity contribution in [2.75, 3.05) is 6.54 Å². The maximum Gasteiger partial charge on any atom is 0.261 e. The highest BCUT2D eigenvalue weighted by atomic mass is 16.4. The van der Waals surface area contributed by atoms with Gasteiger partial charge in [0.1, 0.15) is 5.82 Å². The van der Waals surface area contributed by atoms with Crippen LogP contribution < -0.4 is 5.56 Å². The number of rotatable bonds is 4. The molecule has 1 saturated heterocycles. The summed E-state index contributed by atoms with van der Waals surface area (Å²) >= 11 is 0. The maximum absolute atomic E-state index is 12.7. The lowest BCUT2D eigenvalue weighted by molar-refractivity contribution is 0.210. The Kier molecular flexibility index (Phi) is 3.63. The lowest BCUT2D eigenvalue weighted by Crippen LogP contribution is -2.30. The standard InChI is InChI=1S/C19H21N5O2/c1-23-17(20-14-6-3-2-5-13(14)19(23)25)15-7-4-10-24(15)11-16-21-22-18(26-16)12-8-9-12/h2-3,5-6,12,15H,4,7-11H2,1H3. The molecule has 5 rings (SSSR count). The molecule has 1 unspecified atom stereocenters. The fraction of sp³-hybridized carbons (Fsp3) is 0.474. The molecule has 0 radical (unpaired) electrons. The van der Waals surface area contributed by atoms with Gasteiger partial charge in [-0.15, -0.1) is 10.2 Å². The summed E-state index contributed by atoms with van der Waals surface area (Å²) in [6, 6.07) is 7.62. The molecule has 134 valence electrons. The molecular formula is C19H21N5O2. The molecular weight excluding hydrogens is 330 g/mol. The normalized spacial score (nSPS) is 20.9. The van der Waals surface area contributed by atoms with E-state index in [4.69, 9.17) is 9.40 Å². The van der Waals surface area contributed by atoms with Crippen LogP contribution in [0.25, 0.3) is 10.9 Å². The lowest BCUT2D eigenvalue weighted by Gasteiger charge is -2.24. The summed E-state index contributed by atoms with van der Waals surface area (Å²) in [5.41, 5.74) is 0.762. The number of benzene rings is 1. The first-order valence-electron chi connectivity index (χ1n) is 9.22. The molecule has 7 nitrogen and oxygen atoms in total. The van der Waals surface area contributed by atoms with Crippen LogP contribution in [0.2, 0.25) is 0 Å². The van der Waals surface area contributed by atoms with E-state index in [2.05, 4.69) is 15.1 Å². The zero-order valence-electron chi connectivity index (χ0n) is 14.8. The lowest BCUT2D eigenvalue weighted by atomic mass is 10.1. The fourth-order valence-electron chi connectivity index (χ4n) is 3.84. The van der Waals surface area contributed by atoms with Crippen LogP contribution in [0.5, 0.6) is 0 Å². The van der Waals surface area contributed by atoms with Crippen molar-refractivity contribution in [3.63, 3.8) is 0 Å². The molecule has 2 aromatic heterocycles. The third-order valence-corrected chi connectivity index (χ3v) is 5.43. The molecule has 1 aliphatic heterocycles. The Morgan fingerprint density at radius 2 is 2.04 bits per heavy atom. The summed E-state index contributed by atoms with van der Waals surface area (Å²) in [7, 11) is 1.81. The van der Waals surface area contributed by atoms with Gasteiger partial charge >= 0.3 is 0 Å². The van der Waals surface area contributed by atoms with Gasteiger partial charge in [0.2, 0.25) is 11.8 Å². The van der Waals surface area contributed by atoms with E-state index in [1.807, 2.05) is 31.3 Å². The topological polar surface area (TPSA) is 77.1 Å². The molecule has 26 heavy (non-hydrogen) atoms. The Morgan fingerprint density at radius 3 is 2.88 bits per heavy atom. The van der Waals surface area contributed by atoms with E-state index in [-0.39, 0.29) is 11.6 Å². The van der Waals surface area contributed by atoms with Gasteiger partial charge in [-0.25, -0.2) is 4.98 Å². The van der Waals surface area contributed by atoms with Gasteiger partial charge < -0.3 is 4.42 Å². The molecule has 0 spiro atoms. The van der Waals surface area contributed by atoms with Gasteiger partial charge in [-0.05, 0) is 44.4 Å². The third kappa shape index (κ3) is 2.63. The number of nitrogens with zero attached hydrogens (tertiary/aromatic N) is 5. The Labute approximate surface area is 150 Å². The monoisotopic (exact) mass is 351 g/mol. The van der Waals surface area contributed by atoms with Crippen molar-refractivity contribution in [3.05, 3.63) is 52.2 Å². The van der Waals surface area contributed by atoms with Crippen molar-refractivity contribution in [3.8, 4) is 0 Å². The molecule has 2 fully saturated rings. The molecule has 3 aromatic rings. The Bertz CT molecular complexity index is 1020. The summed E-state index contributed by atoms with van der Waals surface area (Å²) in [5, 5.41) is 9.05. The zero-order chi connectivity index (χ0) is 17.7. The first-order valence-corrected chi connectivity index (χ1v) is 9.22. The highest BCUT2D eigenvalue weighted by molar-refractivity contribution is 5.77. The van der Waals surface area contributed by atoms with Crippen LogP contribution in [0.3, 0.4) is 0 Å². The Hall–Kier alpha value is -2.54. The quantitative estimate of drug-likeness (QED) is 0.719. The van der Waals surface area contributed by atoms with Crippen molar-refractivity contribution < 1.29 is 4.42 Å². The van der Waals surface area contributed by atoms with Crippen LogP contribution in [0, 0.1) is 0 Å². The van der Waals surface area contributed by atoms with E-state index in [1.165, 1.54) is 0 Å². The molecule has 0 bridgehead atoms. The Morgan fingerprint density at radius 1 is 1.19 bits per heavy atom. The van der Waals surface area contributed by atoms with Crippen molar-refractivity contribution in [2.24, 2.45) is 7.05 Å². The first-order chi connectivity index (χ1) is 12.7. The molecule has 0 amide bonds. The van der Waals surface area contributed by atoms with Crippen LogP contribution in [-0.2, 0) is 13.6 Å². The second-order valence-electron chi connectivity index (χ2n) is 7.29. The summed E-state index contributed by atoms with van der Waals surface area (Å²) in [6.45, 7) is 1.54. The van der Waals surface area contributed by atoms with Gasteiger partial charge in [0.05, 0.1) is 23.5 Å². The Balaban J connectivity index is 1.47. The summed E-state index contributed by atoms with van der Waals surface area (Å²) < 4.78 is 7.51. The van der Waals surface area contributed by atoms with Crippen LogP contribution in [0.4, 0.5) is 0 Å². The average Bonchev–Trinajstić information content (AvgIpc) is 3.23. The minimum absolute atomic E-state index is 0.00580. The maximum atomic E-state index is 12.7. The first kappa shape index (κ1) is 15.7. The average molecular weight is 351 g/mol. The van der Waals surface area contributed by atoms with Crippen LogP contribution >= 0.6 is 0 Å². The largest absolute Gasteiger partial charge is 0.424 e. The second kappa shape index (κ2) is 6.02. The number of para-hydroxylation sites is 1. The van der Waals surface area contributed by atoms with Crippen LogP contribution in [0.1, 0.15) is 55.2 Å². The number of fused-ring (bicyclic) bond motifs is 1. The van der Waals surface area contributed by atoms with Crippen molar-refractivity contribution in [1.29, 1.82) is 0 Å². The molecule has 7 heteroatoms. The van der Waals surface area contributed by atoms with Crippen molar-refractivity contribution in [2.45, 2.75) is 44.2 Å². The fourth-order valence-corrected chi connectivity index (χ4v) is 3.84. The predicted octanol–water partition coefficient (Wildman–Crippen LogP) is 2.53. The number of aromatic nitrogens is 4. The molecule has 0 N–H and O–H groups in total. The molecule has 2 aliphatic rings. The smallest absolute Gasteiger partial charge is 0.261 e. The molecule has 1 atom stereocenters. The van der Waals surface area contributed by atoms with Gasteiger partial charge in [0.25, 0.3) is 5.56 Å². The van der Waals surface area contributed by atoms with E-state index in [1.54, 1.807) is 4.57 Å². The predicted molar refractivity (Wildman–Crippen MR) is 95.6 cm³/mol. The van der Waals surface area contributed by atoms with Crippen molar-refractivity contribution >= 4 is 10.9 Å². The third-order valence-electron chi connectivity index (χ3n) is 5.43. The number of likely N-dealkylation sites (tertiary alicyclic amines) is 1. The highest BCUT2D eigenvalue weighted by Crippen LogP contribution is 2.39. The van der Waals surface area contributed by atoms with Crippen molar-refractivity contribution in [1.82, 2.24) is 24.6 Å². The van der Waals surface area contributed by atoms with Gasteiger partial charge in [0.15, 0.2) is 0 Å². The summed E-state index contributed by atoms with van der Waals surface area (Å²) in [5.74, 6) is 2.71. The minimum atomic E-state index is 0.00580.